The largest absolute Gasteiger partial charge is 0.464 e. The minimum absolute atomic E-state index is 0.153. The van der Waals surface area contributed by atoms with Gasteiger partial charge in [0.15, 0.2) is 5.69 Å². The van der Waals surface area contributed by atoms with Crippen LogP contribution in [-0.2, 0) is 10.9 Å². The molecule has 0 aliphatic carbocycles. The number of carbonyl (C=O) groups excluding carboxylic acids is 1. The third-order valence-electron chi connectivity index (χ3n) is 3.77. The molecule has 1 heterocycles. The molecule has 1 N–H and O–H groups in total. The second-order valence-corrected chi connectivity index (χ2v) is 5.73. The summed E-state index contributed by atoms with van der Waals surface area (Å²) in [6.07, 6.45) is -4.67. The minimum Gasteiger partial charge on any atom is -0.464 e. The molecule has 0 aliphatic rings. The molecule has 4 nitrogen and oxygen atoms in total. The van der Waals surface area contributed by atoms with Crippen LogP contribution in [0.5, 0.6) is 0 Å². The van der Waals surface area contributed by atoms with E-state index in [9.17, 15) is 23.2 Å². The summed E-state index contributed by atoms with van der Waals surface area (Å²) in [5.74, 6) is -0.945. The highest BCUT2D eigenvalue weighted by Crippen LogP contribution is 2.39. The van der Waals surface area contributed by atoms with Crippen LogP contribution in [0.3, 0.4) is 0 Å². The molecule has 0 saturated carbocycles. The van der Waals surface area contributed by atoms with E-state index in [4.69, 9.17) is 11.6 Å². The highest BCUT2D eigenvalue weighted by Gasteiger charge is 2.35. The average Bonchev–Trinajstić information content (AvgIpc) is 2.90. The molecule has 0 spiro atoms. The van der Waals surface area contributed by atoms with Gasteiger partial charge in [0.2, 0.25) is 0 Å². The molecule has 0 amide bonds. The summed E-state index contributed by atoms with van der Waals surface area (Å²) in [5, 5.41) is 10.3. The van der Waals surface area contributed by atoms with E-state index in [2.05, 4.69) is 4.74 Å². The van der Waals surface area contributed by atoms with Crippen molar-refractivity contribution >= 4 is 28.5 Å². The SMILES string of the molecule is COC(=O)c1cc2c(C(F)(F)F)cc(-c3ccc(Cl)cc3)cc2n1O. The lowest BCUT2D eigenvalue weighted by Gasteiger charge is -2.11. The van der Waals surface area contributed by atoms with E-state index < -0.39 is 23.4 Å². The summed E-state index contributed by atoms with van der Waals surface area (Å²) in [5.41, 5.74) is -0.803. The van der Waals surface area contributed by atoms with Gasteiger partial charge in [-0.1, -0.05) is 23.7 Å². The topological polar surface area (TPSA) is 51.5 Å². The zero-order valence-electron chi connectivity index (χ0n) is 12.8. The van der Waals surface area contributed by atoms with E-state index in [1.54, 1.807) is 24.3 Å². The number of hydrogen-bond acceptors (Lipinski definition) is 3. The monoisotopic (exact) mass is 369 g/mol. The zero-order chi connectivity index (χ0) is 18.4. The summed E-state index contributed by atoms with van der Waals surface area (Å²) in [6, 6.07) is 9.51. The molecule has 0 fully saturated rings. The number of alkyl halides is 3. The first-order valence-corrected chi connectivity index (χ1v) is 7.40. The van der Waals surface area contributed by atoms with Gasteiger partial charge >= 0.3 is 12.1 Å². The molecule has 0 atom stereocenters. The third-order valence-corrected chi connectivity index (χ3v) is 4.03. The first-order valence-electron chi connectivity index (χ1n) is 7.02. The standard InChI is InChI=1S/C17H11ClF3NO3/c1-25-16(23)15-8-12-13(17(19,20)21)6-10(7-14(12)22(15)24)9-2-4-11(18)5-3-9/h2-8,24H,1H3. The number of nitrogens with zero attached hydrogens (tertiary/aromatic N) is 1. The maximum absolute atomic E-state index is 13.5. The second-order valence-electron chi connectivity index (χ2n) is 5.29. The van der Waals surface area contributed by atoms with Gasteiger partial charge in [0, 0.05) is 10.4 Å². The van der Waals surface area contributed by atoms with Crippen molar-refractivity contribution in [2.24, 2.45) is 0 Å². The van der Waals surface area contributed by atoms with E-state index in [1.165, 1.54) is 6.07 Å². The summed E-state index contributed by atoms with van der Waals surface area (Å²) in [7, 11) is 1.07. The fourth-order valence-electron chi connectivity index (χ4n) is 2.59. The number of benzene rings is 2. The van der Waals surface area contributed by atoms with Crippen LogP contribution in [0.1, 0.15) is 16.1 Å². The Morgan fingerprint density at radius 3 is 2.32 bits per heavy atom. The molecule has 1 aromatic heterocycles. The summed E-state index contributed by atoms with van der Waals surface area (Å²) < 4.78 is 45.3. The maximum atomic E-state index is 13.5. The molecular formula is C17H11ClF3NO3. The molecule has 0 unspecified atom stereocenters. The van der Waals surface area contributed by atoms with Crippen molar-refractivity contribution in [1.82, 2.24) is 4.73 Å². The zero-order valence-corrected chi connectivity index (χ0v) is 13.5. The summed E-state index contributed by atoms with van der Waals surface area (Å²) in [6.45, 7) is 0. The van der Waals surface area contributed by atoms with Gasteiger partial charge in [-0.25, -0.2) is 4.79 Å². The van der Waals surface area contributed by atoms with Gasteiger partial charge in [-0.05, 0) is 41.5 Å². The number of halogens is 4. The fourth-order valence-corrected chi connectivity index (χ4v) is 2.71. The number of fused-ring (bicyclic) bond motifs is 1. The molecule has 3 rings (SSSR count). The van der Waals surface area contributed by atoms with Crippen LogP contribution in [0.4, 0.5) is 13.2 Å². The highest BCUT2D eigenvalue weighted by molar-refractivity contribution is 6.30. The van der Waals surface area contributed by atoms with E-state index in [0.29, 0.717) is 15.3 Å². The van der Waals surface area contributed by atoms with Crippen LogP contribution in [0.25, 0.3) is 22.0 Å². The number of ether oxygens (including phenoxy) is 1. The van der Waals surface area contributed by atoms with E-state index in [0.717, 1.165) is 19.2 Å². The van der Waals surface area contributed by atoms with Crippen molar-refractivity contribution in [2.45, 2.75) is 6.18 Å². The van der Waals surface area contributed by atoms with Gasteiger partial charge < -0.3 is 9.94 Å². The Bertz CT molecular complexity index is 962. The highest BCUT2D eigenvalue weighted by atomic mass is 35.5. The molecule has 2 aromatic carbocycles. The van der Waals surface area contributed by atoms with Crippen molar-refractivity contribution in [3.05, 3.63) is 58.7 Å². The van der Waals surface area contributed by atoms with Crippen LogP contribution < -0.4 is 0 Å². The van der Waals surface area contributed by atoms with Crippen molar-refractivity contribution in [1.29, 1.82) is 0 Å². The second kappa shape index (κ2) is 6.00. The molecule has 0 bridgehead atoms. The van der Waals surface area contributed by atoms with Crippen LogP contribution in [0, 0.1) is 0 Å². The van der Waals surface area contributed by atoms with Crippen molar-refractivity contribution in [3.63, 3.8) is 0 Å². The minimum atomic E-state index is -4.67. The summed E-state index contributed by atoms with van der Waals surface area (Å²) in [4.78, 5) is 11.7. The van der Waals surface area contributed by atoms with E-state index >= 15 is 0 Å². The first kappa shape index (κ1) is 17.2. The molecule has 130 valence electrons. The Labute approximate surface area is 145 Å². The molecule has 0 radical (unpaired) electrons. The number of esters is 1. The molecule has 8 heteroatoms. The third kappa shape index (κ3) is 3.02. The van der Waals surface area contributed by atoms with Gasteiger partial charge in [-0.2, -0.15) is 17.9 Å². The Hall–Kier alpha value is -2.67. The first-order chi connectivity index (χ1) is 11.7. The van der Waals surface area contributed by atoms with Gasteiger partial charge in [0.25, 0.3) is 0 Å². The fraction of sp³-hybridized carbons (Fsp3) is 0.118. The van der Waals surface area contributed by atoms with Gasteiger partial charge in [-0.3, -0.25) is 0 Å². The number of methoxy groups -OCH3 is 1. The van der Waals surface area contributed by atoms with Crippen LogP contribution in [0.2, 0.25) is 5.02 Å². The van der Waals surface area contributed by atoms with Crippen LogP contribution >= 0.6 is 11.6 Å². The Kier molecular flexibility index (Phi) is 4.12. The van der Waals surface area contributed by atoms with Crippen LogP contribution in [0.15, 0.2) is 42.5 Å². The maximum Gasteiger partial charge on any atom is 0.417 e. The predicted octanol–water partition coefficient (Wildman–Crippen LogP) is 5.00. The lowest BCUT2D eigenvalue weighted by molar-refractivity contribution is -0.136. The van der Waals surface area contributed by atoms with E-state index in [1.807, 2.05) is 0 Å². The predicted molar refractivity (Wildman–Crippen MR) is 85.9 cm³/mol. The smallest absolute Gasteiger partial charge is 0.417 e. The lowest BCUT2D eigenvalue weighted by atomic mass is 10.00. The van der Waals surface area contributed by atoms with Crippen LogP contribution in [-0.4, -0.2) is 23.0 Å². The lowest BCUT2D eigenvalue weighted by Crippen LogP contribution is -2.08. The van der Waals surface area contributed by atoms with Gasteiger partial charge in [0.05, 0.1) is 18.2 Å². The van der Waals surface area contributed by atoms with E-state index in [-0.39, 0.29) is 16.5 Å². The number of rotatable bonds is 2. The van der Waals surface area contributed by atoms with Crippen molar-refractivity contribution in [2.75, 3.05) is 7.11 Å². The van der Waals surface area contributed by atoms with Crippen molar-refractivity contribution < 1.29 is 27.9 Å². The molecular weight excluding hydrogens is 359 g/mol. The molecule has 25 heavy (non-hydrogen) atoms. The Morgan fingerprint density at radius 2 is 1.76 bits per heavy atom. The Morgan fingerprint density at radius 1 is 1.12 bits per heavy atom. The molecule has 0 aliphatic heterocycles. The summed E-state index contributed by atoms with van der Waals surface area (Å²) >= 11 is 5.80. The average molecular weight is 370 g/mol. The number of hydrogen-bond donors (Lipinski definition) is 1. The molecule has 0 saturated heterocycles. The van der Waals surface area contributed by atoms with Gasteiger partial charge in [0.1, 0.15) is 0 Å². The van der Waals surface area contributed by atoms with Crippen molar-refractivity contribution in [3.8, 4) is 11.1 Å². The number of carbonyl (C=O) groups is 1. The molecule has 3 aromatic rings. The Balaban J connectivity index is 2.33. The quantitative estimate of drug-likeness (QED) is 0.510. The van der Waals surface area contributed by atoms with Gasteiger partial charge in [-0.15, -0.1) is 0 Å². The normalized spacial score (nSPS) is 11.7. The number of aromatic nitrogens is 1.